The van der Waals surface area contributed by atoms with Gasteiger partial charge in [0.2, 0.25) is 5.95 Å². The van der Waals surface area contributed by atoms with Crippen molar-refractivity contribution in [1.82, 2.24) is 25.1 Å². The Hall–Kier alpha value is -2.81. The van der Waals surface area contributed by atoms with Gasteiger partial charge in [-0.05, 0) is 50.1 Å². The number of hydrogen-bond donors (Lipinski definition) is 2. The van der Waals surface area contributed by atoms with Crippen molar-refractivity contribution in [2.24, 2.45) is 0 Å². The Morgan fingerprint density at radius 3 is 2.78 bits per heavy atom. The van der Waals surface area contributed by atoms with E-state index in [0.29, 0.717) is 44.1 Å². The zero-order valence-electron chi connectivity index (χ0n) is 18.7. The number of urea groups is 1. The standard InChI is InChI=1S/C23H30F2N6O/c1-4-30-11-17(15-5-6-18(24)19(25)9-15)21(12-30)29-23(32)31-8-7-16-10-26-22(27-14(2)3)28-20(16)13-31/h5-6,9-10,14,17,21H,4,7-8,11-13H2,1-3H3,(H,29,32)(H,26,27,28)/t17-,21+/m0/s1. The number of rotatable bonds is 5. The molecule has 172 valence electrons. The fourth-order valence-corrected chi connectivity index (χ4v) is 4.42. The molecular formula is C23H30F2N6O. The minimum absolute atomic E-state index is 0.102. The van der Waals surface area contributed by atoms with Crippen LogP contribution in [0.4, 0.5) is 19.5 Å². The first kappa shape index (κ1) is 22.4. The van der Waals surface area contributed by atoms with Crippen molar-refractivity contribution >= 4 is 12.0 Å². The van der Waals surface area contributed by atoms with E-state index in [9.17, 15) is 13.6 Å². The van der Waals surface area contributed by atoms with E-state index in [2.05, 4.69) is 32.4 Å². The molecule has 2 aliphatic heterocycles. The summed E-state index contributed by atoms with van der Waals surface area (Å²) in [6.45, 7) is 9.27. The molecule has 1 aromatic carbocycles. The normalized spacial score (nSPS) is 21.0. The largest absolute Gasteiger partial charge is 0.352 e. The minimum Gasteiger partial charge on any atom is -0.352 e. The maximum atomic E-state index is 13.8. The van der Waals surface area contributed by atoms with Crippen molar-refractivity contribution in [2.45, 2.75) is 51.7 Å². The van der Waals surface area contributed by atoms with Crippen molar-refractivity contribution in [3.05, 3.63) is 52.9 Å². The van der Waals surface area contributed by atoms with Crippen LogP contribution in [0.25, 0.3) is 0 Å². The Morgan fingerprint density at radius 2 is 2.06 bits per heavy atom. The van der Waals surface area contributed by atoms with Crippen molar-refractivity contribution in [1.29, 1.82) is 0 Å². The molecule has 0 saturated carbocycles. The number of nitrogens with zero attached hydrogens (tertiary/aromatic N) is 4. The highest BCUT2D eigenvalue weighted by Gasteiger charge is 2.36. The van der Waals surface area contributed by atoms with Crippen LogP contribution < -0.4 is 10.6 Å². The lowest BCUT2D eigenvalue weighted by molar-refractivity contribution is 0.186. The van der Waals surface area contributed by atoms with E-state index in [0.717, 1.165) is 23.9 Å². The summed E-state index contributed by atoms with van der Waals surface area (Å²) in [4.78, 5) is 26.0. The number of carbonyl (C=O) groups is 1. The molecule has 4 rings (SSSR count). The fraction of sp³-hybridized carbons (Fsp3) is 0.522. The van der Waals surface area contributed by atoms with Crippen LogP contribution in [-0.2, 0) is 13.0 Å². The number of aromatic nitrogens is 2. The lowest BCUT2D eigenvalue weighted by Crippen LogP contribution is -2.49. The van der Waals surface area contributed by atoms with Crippen LogP contribution >= 0.6 is 0 Å². The fourth-order valence-electron chi connectivity index (χ4n) is 4.42. The average molecular weight is 445 g/mol. The third kappa shape index (κ3) is 4.82. The Labute approximate surface area is 187 Å². The molecule has 1 fully saturated rings. The van der Waals surface area contributed by atoms with Crippen LogP contribution in [0.2, 0.25) is 0 Å². The van der Waals surface area contributed by atoms with E-state index in [4.69, 9.17) is 0 Å². The van der Waals surface area contributed by atoms with E-state index in [1.807, 2.05) is 20.0 Å². The van der Waals surface area contributed by atoms with Crippen LogP contribution in [0.15, 0.2) is 24.4 Å². The number of nitrogens with one attached hydrogen (secondary N) is 2. The maximum Gasteiger partial charge on any atom is 0.318 e. The summed E-state index contributed by atoms with van der Waals surface area (Å²) < 4.78 is 27.3. The smallest absolute Gasteiger partial charge is 0.318 e. The molecule has 2 aromatic rings. The molecule has 0 unspecified atom stereocenters. The highest BCUT2D eigenvalue weighted by atomic mass is 19.2. The lowest BCUT2D eigenvalue weighted by atomic mass is 9.94. The van der Waals surface area contributed by atoms with Gasteiger partial charge in [-0.2, -0.15) is 0 Å². The van der Waals surface area contributed by atoms with Crippen molar-refractivity contribution in [3.8, 4) is 0 Å². The van der Waals surface area contributed by atoms with Crippen molar-refractivity contribution in [2.75, 3.05) is 31.5 Å². The summed E-state index contributed by atoms with van der Waals surface area (Å²) in [5, 5.41) is 6.34. The number of likely N-dealkylation sites (tertiary alicyclic amines) is 1. The van der Waals surface area contributed by atoms with Crippen molar-refractivity contribution < 1.29 is 13.6 Å². The van der Waals surface area contributed by atoms with E-state index in [1.54, 1.807) is 11.0 Å². The second kappa shape index (κ2) is 9.36. The summed E-state index contributed by atoms with van der Waals surface area (Å²) in [6.07, 6.45) is 2.53. The number of amides is 2. The number of hydrogen-bond acceptors (Lipinski definition) is 5. The van der Waals surface area contributed by atoms with Gasteiger partial charge in [0.15, 0.2) is 11.6 Å². The third-order valence-corrected chi connectivity index (χ3v) is 6.17. The van der Waals surface area contributed by atoms with E-state index < -0.39 is 11.6 Å². The summed E-state index contributed by atoms with van der Waals surface area (Å²) in [5.74, 6) is -1.26. The summed E-state index contributed by atoms with van der Waals surface area (Å²) in [6, 6.07) is 3.88. The van der Waals surface area contributed by atoms with Gasteiger partial charge in [-0.3, -0.25) is 0 Å². The van der Waals surface area contributed by atoms with Gasteiger partial charge in [0.25, 0.3) is 0 Å². The third-order valence-electron chi connectivity index (χ3n) is 6.17. The van der Waals surface area contributed by atoms with Gasteiger partial charge in [-0.25, -0.2) is 23.5 Å². The zero-order valence-corrected chi connectivity index (χ0v) is 18.7. The molecule has 32 heavy (non-hydrogen) atoms. The first-order chi connectivity index (χ1) is 15.3. The van der Waals surface area contributed by atoms with Crippen LogP contribution in [0, 0.1) is 11.6 Å². The van der Waals surface area contributed by atoms with Gasteiger partial charge in [-0.15, -0.1) is 0 Å². The molecule has 2 atom stereocenters. The van der Waals surface area contributed by atoms with E-state index in [-0.39, 0.29) is 24.0 Å². The Bertz CT molecular complexity index is 985. The molecular weight excluding hydrogens is 414 g/mol. The first-order valence-corrected chi connectivity index (χ1v) is 11.2. The van der Waals surface area contributed by atoms with Gasteiger partial charge < -0.3 is 20.4 Å². The Kier molecular flexibility index (Phi) is 6.55. The first-order valence-electron chi connectivity index (χ1n) is 11.2. The summed E-state index contributed by atoms with van der Waals surface area (Å²) >= 11 is 0. The van der Waals surface area contributed by atoms with Crippen LogP contribution in [0.3, 0.4) is 0 Å². The Morgan fingerprint density at radius 1 is 1.25 bits per heavy atom. The zero-order chi connectivity index (χ0) is 22.8. The lowest BCUT2D eigenvalue weighted by Gasteiger charge is -2.30. The SMILES string of the molecule is CCN1C[C@@H](NC(=O)N2CCc3cnc(NC(C)C)nc3C2)[C@H](c2ccc(F)c(F)c2)C1. The van der Waals surface area contributed by atoms with Gasteiger partial charge in [0.1, 0.15) is 0 Å². The molecule has 0 spiro atoms. The highest BCUT2D eigenvalue weighted by Crippen LogP contribution is 2.29. The summed E-state index contributed by atoms with van der Waals surface area (Å²) in [7, 11) is 0. The molecule has 0 bridgehead atoms. The molecule has 9 heteroatoms. The van der Waals surface area contributed by atoms with Crippen LogP contribution in [0.5, 0.6) is 0 Å². The molecule has 0 aliphatic carbocycles. The molecule has 2 aliphatic rings. The maximum absolute atomic E-state index is 13.8. The van der Waals surface area contributed by atoms with Crippen LogP contribution in [0.1, 0.15) is 43.5 Å². The second-order valence-electron chi connectivity index (χ2n) is 8.82. The van der Waals surface area contributed by atoms with Gasteiger partial charge in [-0.1, -0.05) is 13.0 Å². The minimum atomic E-state index is -0.861. The number of halogens is 2. The molecule has 0 radical (unpaired) electrons. The topological polar surface area (TPSA) is 73.4 Å². The molecule has 1 saturated heterocycles. The molecule has 1 aromatic heterocycles. The number of benzene rings is 1. The molecule has 2 N–H and O–H groups in total. The molecule has 2 amide bonds. The second-order valence-corrected chi connectivity index (χ2v) is 8.82. The quantitative estimate of drug-likeness (QED) is 0.741. The van der Waals surface area contributed by atoms with Crippen LogP contribution in [-0.4, -0.2) is 64.1 Å². The molecule has 7 nitrogen and oxygen atoms in total. The number of fused-ring (bicyclic) bond motifs is 1. The summed E-state index contributed by atoms with van der Waals surface area (Å²) in [5.41, 5.74) is 2.61. The van der Waals surface area contributed by atoms with Crippen molar-refractivity contribution in [3.63, 3.8) is 0 Å². The number of likely N-dealkylation sites (N-methyl/N-ethyl adjacent to an activating group) is 1. The molecule has 3 heterocycles. The highest BCUT2D eigenvalue weighted by molar-refractivity contribution is 5.75. The Balaban J connectivity index is 1.47. The number of carbonyl (C=O) groups excluding carboxylic acids is 1. The van der Waals surface area contributed by atoms with Gasteiger partial charge >= 0.3 is 6.03 Å². The number of anilines is 1. The predicted octanol–water partition coefficient (Wildman–Crippen LogP) is 3.13. The average Bonchev–Trinajstić information content (AvgIpc) is 3.17. The van der Waals surface area contributed by atoms with Gasteiger partial charge in [0.05, 0.1) is 18.3 Å². The van der Waals surface area contributed by atoms with Gasteiger partial charge in [0, 0.05) is 37.8 Å². The monoisotopic (exact) mass is 444 g/mol. The van der Waals surface area contributed by atoms with E-state index >= 15 is 0 Å². The predicted molar refractivity (Wildman–Crippen MR) is 118 cm³/mol. The van der Waals surface area contributed by atoms with E-state index in [1.165, 1.54) is 6.07 Å².